The van der Waals surface area contributed by atoms with E-state index in [1.54, 1.807) is 0 Å². The molecule has 0 aromatic heterocycles. The van der Waals surface area contributed by atoms with Gasteiger partial charge in [-0.15, -0.1) is 5.11 Å². The van der Waals surface area contributed by atoms with Gasteiger partial charge in [-0.25, -0.2) is 0 Å². The number of hydrogen-bond donors (Lipinski definition) is 1. The first-order valence-corrected chi connectivity index (χ1v) is 9.94. The van der Waals surface area contributed by atoms with Crippen LogP contribution in [-0.2, 0) is 12.8 Å². The number of rotatable bonds is 3. The van der Waals surface area contributed by atoms with Crippen LogP contribution in [0.1, 0.15) is 22.3 Å². The fourth-order valence-corrected chi connectivity index (χ4v) is 4.55. The summed E-state index contributed by atoms with van der Waals surface area (Å²) in [5.74, 6) is 0. The molecule has 0 aliphatic heterocycles. The molecule has 0 unspecified atom stereocenters. The molecular formula is C26H19N3. The SMILES string of the molecule is c1ccc2c(c1)Cc1cc(N=NNc3ccc4c(c3)Cc3ccccc3-4)ccc1-2. The van der Waals surface area contributed by atoms with Crippen molar-refractivity contribution in [1.82, 2.24) is 0 Å². The van der Waals surface area contributed by atoms with Gasteiger partial charge in [0.2, 0.25) is 0 Å². The molecule has 0 bridgehead atoms. The van der Waals surface area contributed by atoms with Crippen LogP contribution < -0.4 is 5.43 Å². The molecule has 0 spiro atoms. The Morgan fingerprint density at radius 2 is 1.14 bits per heavy atom. The molecule has 4 aromatic carbocycles. The predicted molar refractivity (Wildman–Crippen MR) is 118 cm³/mol. The van der Waals surface area contributed by atoms with Crippen LogP contribution in [0.3, 0.4) is 0 Å². The molecular weight excluding hydrogens is 354 g/mol. The lowest BCUT2D eigenvalue weighted by molar-refractivity contribution is 1.12. The molecule has 0 radical (unpaired) electrons. The minimum Gasteiger partial charge on any atom is -0.260 e. The van der Waals surface area contributed by atoms with E-state index in [0.29, 0.717) is 0 Å². The highest BCUT2D eigenvalue weighted by Crippen LogP contribution is 2.39. The van der Waals surface area contributed by atoms with Crippen molar-refractivity contribution < 1.29 is 0 Å². The lowest BCUT2D eigenvalue weighted by Crippen LogP contribution is -1.89. The summed E-state index contributed by atoms with van der Waals surface area (Å²) in [7, 11) is 0. The Morgan fingerprint density at radius 3 is 1.86 bits per heavy atom. The van der Waals surface area contributed by atoms with Crippen molar-refractivity contribution in [3.8, 4) is 22.3 Å². The maximum absolute atomic E-state index is 4.39. The van der Waals surface area contributed by atoms with Gasteiger partial charge in [-0.1, -0.05) is 65.9 Å². The summed E-state index contributed by atoms with van der Waals surface area (Å²) < 4.78 is 0. The molecule has 0 fully saturated rings. The molecule has 0 saturated carbocycles. The molecule has 0 saturated heterocycles. The van der Waals surface area contributed by atoms with Crippen molar-refractivity contribution in [1.29, 1.82) is 0 Å². The number of benzene rings is 4. The summed E-state index contributed by atoms with van der Waals surface area (Å²) in [6, 6.07) is 29.9. The van der Waals surface area contributed by atoms with Gasteiger partial charge in [0.15, 0.2) is 0 Å². The van der Waals surface area contributed by atoms with E-state index < -0.39 is 0 Å². The summed E-state index contributed by atoms with van der Waals surface area (Å²) in [6.07, 6.45) is 1.94. The zero-order chi connectivity index (χ0) is 19.2. The van der Waals surface area contributed by atoms with Crippen molar-refractivity contribution in [2.75, 3.05) is 5.43 Å². The summed E-state index contributed by atoms with van der Waals surface area (Å²) in [6.45, 7) is 0. The van der Waals surface area contributed by atoms with Crippen molar-refractivity contribution in [3.05, 3.63) is 107 Å². The van der Waals surface area contributed by atoms with E-state index in [9.17, 15) is 0 Å². The number of hydrogen-bond acceptors (Lipinski definition) is 2. The predicted octanol–water partition coefficient (Wildman–Crippen LogP) is 6.94. The van der Waals surface area contributed by atoms with Gasteiger partial charge in [0.05, 0.1) is 11.4 Å². The molecule has 138 valence electrons. The van der Waals surface area contributed by atoms with Gasteiger partial charge in [0.1, 0.15) is 0 Å². The molecule has 3 nitrogen and oxygen atoms in total. The standard InChI is InChI=1S/C26H19N3/c1-3-7-23-17(5-1)13-19-15-21(9-11-25(19)23)27-29-28-22-10-12-26-20(16-22)14-18-6-2-4-8-24(18)26/h1-12,15-16H,13-14H2,(H,27,28). The van der Waals surface area contributed by atoms with Crippen molar-refractivity contribution >= 4 is 11.4 Å². The molecule has 2 aliphatic rings. The highest BCUT2D eigenvalue weighted by molar-refractivity contribution is 5.79. The number of fused-ring (bicyclic) bond motifs is 6. The molecule has 6 rings (SSSR count). The maximum atomic E-state index is 4.39. The first-order valence-electron chi connectivity index (χ1n) is 9.94. The zero-order valence-electron chi connectivity index (χ0n) is 15.9. The number of anilines is 1. The molecule has 0 amide bonds. The minimum absolute atomic E-state index is 0.873. The van der Waals surface area contributed by atoms with E-state index in [0.717, 1.165) is 24.2 Å². The molecule has 2 aliphatic carbocycles. The highest BCUT2D eigenvalue weighted by Gasteiger charge is 2.18. The Morgan fingerprint density at radius 1 is 0.552 bits per heavy atom. The first-order chi connectivity index (χ1) is 14.3. The molecule has 1 N–H and O–H groups in total. The van der Waals surface area contributed by atoms with Gasteiger partial charge < -0.3 is 0 Å². The average molecular weight is 373 g/mol. The van der Waals surface area contributed by atoms with Crippen LogP contribution >= 0.6 is 0 Å². The van der Waals surface area contributed by atoms with E-state index in [1.807, 2.05) is 6.07 Å². The van der Waals surface area contributed by atoms with Gasteiger partial charge in [0, 0.05) is 0 Å². The second-order valence-electron chi connectivity index (χ2n) is 7.69. The molecule has 0 heterocycles. The van der Waals surface area contributed by atoms with Gasteiger partial charge in [-0.2, -0.15) is 0 Å². The van der Waals surface area contributed by atoms with Crippen LogP contribution in [-0.4, -0.2) is 0 Å². The van der Waals surface area contributed by atoms with E-state index in [1.165, 1.54) is 44.5 Å². The highest BCUT2D eigenvalue weighted by atomic mass is 15.4. The van der Waals surface area contributed by atoms with E-state index in [2.05, 4.69) is 94.6 Å². The van der Waals surface area contributed by atoms with Gasteiger partial charge in [-0.3, -0.25) is 5.43 Å². The van der Waals surface area contributed by atoms with Crippen LogP contribution in [0.25, 0.3) is 22.3 Å². The van der Waals surface area contributed by atoms with E-state index >= 15 is 0 Å². The summed E-state index contributed by atoms with van der Waals surface area (Å²) in [4.78, 5) is 0. The fraction of sp³-hybridized carbons (Fsp3) is 0.0769. The normalized spacial score (nSPS) is 13.1. The average Bonchev–Trinajstić information content (AvgIpc) is 3.31. The Balaban J connectivity index is 1.20. The molecule has 3 heteroatoms. The summed E-state index contributed by atoms with van der Waals surface area (Å²) in [5.41, 5.74) is 15.7. The second-order valence-corrected chi connectivity index (χ2v) is 7.69. The van der Waals surface area contributed by atoms with Crippen LogP contribution in [0.4, 0.5) is 11.4 Å². The molecule has 29 heavy (non-hydrogen) atoms. The minimum atomic E-state index is 0.873. The van der Waals surface area contributed by atoms with Crippen LogP contribution in [0.5, 0.6) is 0 Å². The zero-order valence-corrected chi connectivity index (χ0v) is 15.9. The van der Waals surface area contributed by atoms with Gasteiger partial charge in [0.25, 0.3) is 0 Å². The Labute approximate surface area is 169 Å². The maximum Gasteiger partial charge on any atom is 0.0877 e. The Kier molecular flexibility index (Phi) is 3.60. The number of nitrogens with one attached hydrogen (secondary N) is 1. The van der Waals surface area contributed by atoms with Crippen LogP contribution in [0.15, 0.2) is 95.3 Å². The lowest BCUT2D eigenvalue weighted by Gasteiger charge is -2.04. The monoisotopic (exact) mass is 373 g/mol. The van der Waals surface area contributed by atoms with Crippen molar-refractivity contribution in [3.63, 3.8) is 0 Å². The van der Waals surface area contributed by atoms with E-state index in [4.69, 9.17) is 0 Å². The van der Waals surface area contributed by atoms with Gasteiger partial charge >= 0.3 is 0 Å². The van der Waals surface area contributed by atoms with Crippen molar-refractivity contribution in [2.24, 2.45) is 10.3 Å². The second kappa shape index (κ2) is 6.42. The van der Waals surface area contributed by atoms with Crippen molar-refractivity contribution in [2.45, 2.75) is 12.8 Å². The smallest absolute Gasteiger partial charge is 0.0877 e. The topological polar surface area (TPSA) is 36.8 Å². The third-order valence-corrected chi connectivity index (χ3v) is 5.92. The Bertz CT molecular complexity index is 1290. The Hall–Kier alpha value is -3.72. The third kappa shape index (κ3) is 2.74. The molecule has 4 aromatic rings. The van der Waals surface area contributed by atoms with E-state index in [-0.39, 0.29) is 0 Å². The summed E-state index contributed by atoms with van der Waals surface area (Å²) in [5, 5.41) is 8.62. The van der Waals surface area contributed by atoms with Gasteiger partial charge in [-0.05, 0) is 81.6 Å². The number of nitrogens with zero attached hydrogens (tertiary/aromatic N) is 2. The summed E-state index contributed by atoms with van der Waals surface area (Å²) >= 11 is 0. The quantitative estimate of drug-likeness (QED) is 0.265. The molecule has 0 atom stereocenters. The lowest BCUT2D eigenvalue weighted by atomic mass is 10.1. The third-order valence-electron chi connectivity index (χ3n) is 5.92. The van der Waals surface area contributed by atoms with Crippen LogP contribution in [0.2, 0.25) is 0 Å². The first kappa shape index (κ1) is 16.3. The van der Waals surface area contributed by atoms with Crippen LogP contribution in [0, 0.1) is 0 Å². The largest absolute Gasteiger partial charge is 0.260 e. The fourth-order valence-electron chi connectivity index (χ4n) is 4.55.